The third-order valence-corrected chi connectivity index (χ3v) is 5.55. The number of anilines is 2. The first-order valence-corrected chi connectivity index (χ1v) is 9.91. The van der Waals surface area contributed by atoms with E-state index in [9.17, 15) is 0 Å². The lowest BCUT2D eigenvalue weighted by atomic mass is 10.1. The van der Waals surface area contributed by atoms with Crippen LogP contribution in [0.3, 0.4) is 0 Å². The first-order valence-electron chi connectivity index (χ1n) is 8.68. The van der Waals surface area contributed by atoms with E-state index in [0.717, 1.165) is 27.1 Å². The topological polar surface area (TPSA) is 42.3 Å². The van der Waals surface area contributed by atoms with Crippen LogP contribution in [0.1, 0.15) is 16.7 Å². The number of nitrogens with one attached hydrogen (secondary N) is 1. The molecule has 0 atom stereocenters. The van der Waals surface area contributed by atoms with Crippen LogP contribution in [0, 0.1) is 17.8 Å². The Labute approximate surface area is 169 Å². The van der Waals surface area contributed by atoms with E-state index >= 15 is 0 Å². The van der Waals surface area contributed by atoms with Gasteiger partial charge in [0, 0.05) is 12.2 Å². The fourth-order valence-electron chi connectivity index (χ4n) is 2.75. The number of nitrogens with zero attached hydrogens (tertiary/aromatic N) is 3. The quantitative estimate of drug-likeness (QED) is 0.557. The standard InChI is InChI=1S/C20H24N4OS2/c1-14-8-9-17(10-15(14)2)21-19-22-24(20(26)27-19)13-23(3)12-16-6-5-7-18(11-16)25-4/h5-11H,12-13H2,1-4H3,(H,21,22). The molecule has 1 aromatic heterocycles. The number of hydrogen-bond acceptors (Lipinski definition) is 6. The van der Waals surface area contributed by atoms with E-state index in [0.29, 0.717) is 6.67 Å². The summed E-state index contributed by atoms with van der Waals surface area (Å²) in [6.07, 6.45) is 0. The summed E-state index contributed by atoms with van der Waals surface area (Å²) in [7, 11) is 3.73. The lowest BCUT2D eigenvalue weighted by molar-refractivity contribution is 0.245. The van der Waals surface area contributed by atoms with E-state index in [1.807, 2.05) is 22.9 Å². The van der Waals surface area contributed by atoms with E-state index in [2.05, 4.69) is 60.5 Å². The van der Waals surface area contributed by atoms with E-state index in [1.165, 1.54) is 28.0 Å². The van der Waals surface area contributed by atoms with Crippen molar-refractivity contribution in [3.05, 3.63) is 63.1 Å². The molecule has 1 heterocycles. The summed E-state index contributed by atoms with van der Waals surface area (Å²) in [5, 5.41) is 8.79. The van der Waals surface area contributed by atoms with Crippen LogP contribution in [-0.4, -0.2) is 28.8 Å². The van der Waals surface area contributed by atoms with Gasteiger partial charge in [0.2, 0.25) is 5.13 Å². The largest absolute Gasteiger partial charge is 0.497 e. The van der Waals surface area contributed by atoms with Crippen LogP contribution in [0.15, 0.2) is 42.5 Å². The highest BCUT2D eigenvalue weighted by molar-refractivity contribution is 7.73. The van der Waals surface area contributed by atoms with Gasteiger partial charge in [0.1, 0.15) is 5.75 Å². The monoisotopic (exact) mass is 400 g/mol. The second-order valence-electron chi connectivity index (χ2n) is 6.60. The molecule has 2 aromatic carbocycles. The molecule has 0 bridgehead atoms. The average Bonchev–Trinajstić information content (AvgIpc) is 2.97. The molecule has 0 aliphatic carbocycles. The summed E-state index contributed by atoms with van der Waals surface area (Å²) < 4.78 is 7.89. The molecule has 0 aliphatic rings. The highest BCUT2D eigenvalue weighted by Gasteiger charge is 2.08. The number of benzene rings is 2. The van der Waals surface area contributed by atoms with Crippen molar-refractivity contribution in [2.24, 2.45) is 0 Å². The van der Waals surface area contributed by atoms with Crippen molar-refractivity contribution in [1.29, 1.82) is 0 Å². The van der Waals surface area contributed by atoms with Gasteiger partial charge in [-0.15, -0.1) is 5.10 Å². The molecular formula is C20H24N4OS2. The van der Waals surface area contributed by atoms with Gasteiger partial charge in [-0.1, -0.05) is 29.5 Å². The van der Waals surface area contributed by atoms with Gasteiger partial charge in [0.25, 0.3) is 0 Å². The molecule has 3 rings (SSSR count). The molecule has 0 spiro atoms. The van der Waals surface area contributed by atoms with Crippen molar-refractivity contribution in [1.82, 2.24) is 14.7 Å². The summed E-state index contributed by atoms with van der Waals surface area (Å²) in [6.45, 7) is 5.63. The summed E-state index contributed by atoms with van der Waals surface area (Å²) in [5.74, 6) is 0.867. The van der Waals surface area contributed by atoms with Gasteiger partial charge < -0.3 is 10.1 Å². The van der Waals surface area contributed by atoms with Crippen LogP contribution in [0.25, 0.3) is 0 Å². The van der Waals surface area contributed by atoms with Crippen molar-refractivity contribution in [2.75, 3.05) is 19.5 Å². The van der Waals surface area contributed by atoms with Crippen LogP contribution in [0.2, 0.25) is 0 Å². The first kappa shape index (κ1) is 19.5. The molecule has 27 heavy (non-hydrogen) atoms. The SMILES string of the molecule is COc1cccc(CN(C)Cn2nc(Nc3ccc(C)c(C)c3)sc2=S)c1. The fourth-order valence-corrected chi connectivity index (χ4v) is 3.76. The van der Waals surface area contributed by atoms with Crippen molar-refractivity contribution in [2.45, 2.75) is 27.1 Å². The van der Waals surface area contributed by atoms with Crippen LogP contribution >= 0.6 is 23.6 Å². The molecule has 0 aliphatic heterocycles. The number of rotatable bonds is 7. The molecule has 142 valence electrons. The lowest BCUT2D eigenvalue weighted by Gasteiger charge is -2.16. The number of ether oxygens (including phenoxy) is 1. The van der Waals surface area contributed by atoms with Gasteiger partial charge >= 0.3 is 0 Å². The minimum atomic E-state index is 0.626. The Bertz CT molecular complexity index is 980. The Balaban J connectivity index is 1.66. The zero-order chi connectivity index (χ0) is 19.4. The minimum absolute atomic E-state index is 0.626. The molecule has 0 fully saturated rings. The predicted molar refractivity (Wildman–Crippen MR) is 115 cm³/mol. The van der Waals surface area contributed by atoms with Gasteiger partial charge in [-0.3, -0.25) is 4.90 Å². The van der Waals surface area contributed by atoms with Gasteiger partial charge in [0.15, 0.2) is 3.95 Å². The maximum absolute atomic E-state index is 5.49. The van der Waals surface area contributed by atoms with Crippen molar-refractivity contribution in [3.8, 4) is 5.75 Å². The van der Waals surface area contributed by atoms with Crippen molar-refractivity contribution >= 4 is 34.4 Å². The zero-order valence-electron chi connectivity index (χ0n) is 16.0. The molecule has 0 saturated heterocycles. The Kier molecular flexibility index (Phi) is 6.26. The predicted octanol–water partition coefficient (Wildman–Crippen LogP) is 5.13. The Hall–Kier alpha value is -2.22. The smallest absolute Gasteiger partial charge is 0.209 e. The Morgan fingerprint density at radius 3 is 2.74 bits per heavy atom. The molecular weight excluding hydrogens is 376 g/mol. The van der Waals surface area contributed by atoms with E-state index in [-0.39, 0.29) is 0 Å². The highest BCUT2D eigenvalue weighted by Crippen LogP contribution is 2.22. The third kappa shape index (κ3) is 5.15. The van der Waals surface area contributed by atoms with Gasteiger partial charge in [0.05, 0.1) is 13.8 Å². The zero-order valence-corrected chi connectivity index (χ0v) is 17.7. The van der Waals surface area contributed by atoms with Crippen LogP contribution in [0.5, 0.6) is 5.75 Å². The number of hydrogen-bond donors (Lipinski definition) is 1. The summed E-state index contributed by atoms with van der Waals surface area (Å²) >= 11 is 6.97. The maximum Gasteiger partial charge on any atom is 0.209 e. The van der Waals surface area contributed by atoms with E-state index in [4.69, 9.17) is 17.0 Å². The molecule has 7 heteroatoms. The summed E-state index contributed by atoms with van der Waals surface area (Å²) in [6, 6.07) is 14.4. The molecule has 0 amide bonds. The average molecular weight is 401 g/mol. The molecule has 3 aromatic rings. The van der Waals surface area contributed by atoms with E-state index < -0.39 is 0 Å². The van der Waals surface area contributed by atoms with Crippen LogP contribution in [0.4, 0.5) is 10.8 Å². The number of methoxy groups -OCH3 is 1. The Morgan fingerprint density at radius 1 is 1.19 bits per heavy atom. The lowest BCUT2D eigenvalue weighted by Crippen LogP contribution is -2.22. The summed E-state index contributed by atoms with van der Waals surface area (Å²) in [5.41, 5.74) is 4.74. The molecule has 0 unspecified atom stereocenters. The van der Waals surface area contributed by atoms with Crippen LogP contribution < -0.4 is 10.1 Å². The van der Waals surface area contributed by atoms with Crippen molar-refractivity contribution in [3.63, 3.8) is 0 Å². The number of aromatic nitrogens is 2. The van der Waals surface area contributed by atoms with Gasteiger partial charge in [-0.25, -0.2) is 4.68 Å². The summed E-state index contributed by atoms with van der Waals surface area (Å²) in [4.78, 5) is 2.17. The van der Waals surface area contributed by atoms with Crippen LogP contribution in [-0.2, 0) is 13.2 Å². The highest BCUT2D eigenvalue weighted by atomic mass is 32.1. The second-order valence-corrected chi connectivity index (χ2v) is 8.23. The van der Waals surface area contributed by atoms with E-state index in [1.54, 1.807) is 7.11 Å². The molecule has 0 radical (unpaired) electrons. The molecule has 1 N–H and O–H groups in total. The third-order valence-electron chi connectivity index (χ3n) is 4.33. The molecule has 0 saturated carbocycles. The number of aryl methyl sites for hydroxylation is 2. The van der Waals surface area contributed by atoms with Gasteiger partial charge in [-0.05, 0) is 74.1 Å². The minimum Gasteiger partial charge on any atom is -0.497 e. The van der Waals surface area contributed by atoms with Crippen molar-refractivity contribution < 1.29 is 4.74 Å². The fraction of sp³-hybridized carbons (Fsp3) is 0.300. The van der Waals surface area contributed by atoms with Gasteiger partial charge in [-0.2, -0.15) is 0 Å². The maximum atomic E-state index is 5.49. The normalized spacial score (nSPS) is 11.0. The Morgan fingerprint density at radius 2 is 2.00 bits per heavy atom. The second kappa shape index (κ2) is 8.65. The first-order chi connectivity index (χ1) is 12.9. The molecule has 5 nitrogen and oxygen atoms in total.